The topological polar surface area (TPSA) is 135 Å². The lowest BCUT2D eigenvalue weighted by atomic mass is 10.1. The van der Waals surface area contributed by atoms with Crippen LogP contribution >= 0.6 is 0 Å². The van der Waals surface area contributed by atoms with Gasteiger partial charge < -0.3 is 9.47 Å². The fourth-order valence-electron chi connectivity index (χ4n) is 3.82. The van der Waals surface area contributed by atoms with Gasteiger partial charge >= 0.3 is 11.9 Å². The van der Waals surface area contributed by atoms with E-state index in [-0.39, 0.29) is 50.3 Å². The highest BCUT2D eigenvalue weighted by Gasteiger charge is 2.28. The lowest BCUT2D eigenvalue weighted by molar-refractivity contribution is -0.384. The first kappa shape index (κ1) is 23.9. The number of aromatic nitrogens is 1. The zero-order chi connectivity index (χ0) is 25.5. The summed E-state index contributed by atoms with van der Waals surface area (Å²) in [5.41, 5.74) is 0.632. The monoisotopic (exact) mass is 496 g/mol. The number of fused-ring (bicyclic) bond motifs is 3. The number of non-ortho nitro benzene ring substituents is 1. The van der Waals surface area contributed by atoms with Crippen LogP contribution < -0.4 is 4.74 Å². The molecule has 4 aromatic rings. The molecule has 0 saturated heterocycles. The van der Waals surface area contributed by atoms with Crippen molar-refractivity contribution in [1.82, 2.24) is 3.97 Å². The molecule has 0 atom stereocenters. The fourth-order valence-corrected chi connectivity index (χ4v) is 5.33. The summed E-state index contributed by atoms with van der Waals surface area (Å²) < 4.78 is 39.0. The first-order valence-corrected chi connectivity index (χ1v) is 11.9. The normalized spacial score (nSPS) is 11.5. The average molecular weight is 496 g/mol. The number of benzene rings is 3. The molecule has 0 spiro atoms. The summed E-state index contributed by atoms with van der Waals surface area (Å²) in [6, 6.07) is 12.4. The number of hydrogen-bond donors (Lipinski definition) is 0. The van der Waals surface area contributed by atoms with Crippen molar-refractivity contribution in [2.45, 2.75) is 25.7 Å². The van der Waals surface area contributed by atoms with E-state index >= 15 is 0 Å². The SMILES string of the molecule is CCOC(=O)c1cc(OC(C)=O)c2c3cc([N+](=O)[O-])ccc3n(S(=O)(=O)c3ccc(C)cc3)c2c1. The second kappa shape index (κ2) is 8.84. The predicted octanol–water partition coefficient (Wildman–Crippen LogP) is 4.35. The van der Waals surface area contributed by atoms with Gasteiger partial charge in [-0.25, -0.2) is 17.2 Å². The Balaban J connectivity index is 2.19. The smallest absolute Gasteiger partial charge is 0.338 e. The Morgan fingerprint density at radius 1 is 1.03 bits per heavy atom. The van der Waals surface area contributed by atoms with Gasteiger partial charge in [0.25, 0.3) is 15.7 Å². The average Bonchev–Trinajstić information content (AvgIpc) is 3.13. The Hall–Kier alpha value is -4.25. The number of rotatable bonds is 6. The molecule has 0 fully saturated rings. The van der Waals surface area contributed by atoms with Gasteiger partial charge in [-0.05, 0) is 44.2 Å². The molecule has 0 aliphatic heterocycles. The van der Waals surface area contributed by atoms with Crippen LogP contribution in [0, 0.1) is 17.0 Å². The van der Waals surface area contributed by atoms with Gasteiger partial charge in [-0.3, -0.25) is 14.9 Å². The first-order valence-electron chi connectivity index (χ1n) is 10.5. The number of carbonyl (C=O) groups excluding carboxylic acids is 2. The number of ether oxygens (including phenoxy) is 2. The van der Waals surface area contributed by atoms with Gasteiger partial charge in [-0.2, -0.15) is 0 Å². The van der Waals surface area contributed by atoms with E-state index in [0.717, 1.165) is 16.5 Å². The Labute approximate surface area is 199 Å². The first-order chi connectivity index (χ1) is 16.5. The van der Waals surface area contributed by atoms with Crippen molar-refractivity contribution in [3.8, 4) is 5.75 Å². The van der Waals surface area contributed by atoms with Crippen molar-refractivity contribution < 1.29 is 32.4 Å². The maximum atomic E-state index is 13.8. The van der Waals surface area contributed by atoms with Gasteiger partial charge in [-0.15, -0.1) is 0 Å². The van der Waals surface area contributed by atoms with Gasteiger partial charge in [0.15, 0.2) is 0 Å². The standard InChI is InChI=1S/C24H20N2O8S/c1-4-33-24(28)16-11-21-23(22(12-16)34-15(3)27)19-13-17(26(29)30)7-10-20(19)25(21)35(31,32)18-8-5-14(2)6-9-18/h5-13H,4H2,1-3H3. The van der Waals surface area contributed by atoms with Gasteiger partial charge in [0, 0.05) is 24.4 Å². The van der Waals surface area contributed by atoms with E-state index < -0.39 is 26.9 Å². The van der Waals surface area contributed by atoms with Gasteiger partial charge in [0.1, 0.15) is 5.75 Å². The molecule has 0 amide bonds. The quantitative estimate of drug-likeness (QED) is 0.166. The van der Waals surface area contributed by atoms with Crippen molar-refractivity contribution in [3.63, 3.8) is 0 Å². The Morgan fingerprint density at radius 2 is 1.71 bits per heavy atom. The molecule has 10 nitrogen and oxygen atoms in total. The maximum absolute atomic E-state index is 13.8. The summed E-state index contributed by atoms with van der Waals surface area (Å²) in [5, 5.41) is 11.7. The molecule has 0 radical (unpaired) electrons. The highest BCUT2D eigenvalue weighted by Crippen LogP contribution is 2.40. The molecule has 0 N–H and O–H groups in total. The molecular formula is C24H20N2O8S. The Morgan fingerprint density at radius 3 is 2.31 bits per heavy atom. The van der Waals surface area contributed by atoms with Crippen LogP contribution in [0.15, 0.2) is 59.5 Å². The highest BCUT2D eigenvalue weighted by atomic mass is 32.2. The van der Waals surface area contributed by atoms with Crippen LogP contribution in [0.25, 0.3) is 21.8 Å². The Bertz CT molecular complexity index is 1620. The summed E-state index contributed by atoms with van der Waals surface area (Å²) in [6.07, 6.45) is 0. The number of carbonyl (C=O) groups is 2. The molecule has 0 bridgehead atoms. The van der Waals surface area contributed by atoms with Crippen LogP contribution in [-0.2, 0) is 19.6 Å². The van der Waals surface area contributed by atoms with E-state index in [2.05, 4.69) is 0 Å². The van der Waals surface area contributed by atoms with Crippen molar-refractivity contribution >= 4 is 49.5 Å². The predicted molar refractivity (Wildman–Crippen MR) is 127 cm³/mol. The number of hydrogen-bond acceptors (Lipinski definition) is 8. The molecule has 0 aliphatic carbocycles. The van der Waals surface area contributed by atoms with E-state index in [4.69, 9.17) is 9.47 Å². The van der Waals surface area contributed by atoms with Gasteiger partial charge in [-0.1, -0.05) is 17.7 Å². The molecule has 1 heterocycles. The third kappa shape index (κ3) is 4.21. The lowest BCUT2D eigenvalue weighted by Crippen LogP contribution is -2.13. The minimum atomic E-state index is -4.24. The fraction of sp³-hybridized carbons (Fsp3) is 0.167. The van der Waals surface area contributed by atoms with Gasteiger partial charge in [0.05, 0.1) is 38.4 Å². The lowest BCUT2D eigenvalue weighted by Gasteiger charge is -2.11. The third-order valence-corrected chi connectivity index (χ3v) is 7.05. The maximum Gasteiger partial charge on any atom is 0.338 e. The molecule has 1 aromatic heterocycles. The molecule has 11 heteroatoms. The highest BCUT2D eigenvalue weighted by molar-refractivity contribution is 7.90. The summed E-state index contributed by atoms with van der Waals surface area (Å²) in [5.74, 6) is -1.60. The molecule has 0 saturated carbocycles. The molecule has 180 valence electrons. The van der Waals surface area contributed by atoms with Crippen LogP contribution in [0.1, 0.15) is 29.8 Å². The second-order valence-electron chi connectivity index (χ2n) is 7.72. The number of nitro benzene ring substituents is 1. The Kier molecular flexibility index (Phi) is 6.03. The van der Waals surface area contributed by atoms with Crippen LogP contribution in [0.2, 0.25) is 0 Å². The van der Waals surface area contributed by atoms with E-state index in [1.165, 1.54) is 42.5 Å². The molecule has 0 unspecified atom stereocenters. The second-order valence-corrected chi connectivity index (χ2v) is 9.51. The summed E-state index contributed by atoms with van der Waals surface area (Å²) in [6.45, 7) is 4.64. The summed E-state index contributed by atoms with van der Waals surface area (Å²) in [4.78, 5) is 35.2. The van der Waals surface area contributed by atoms with Crippen LogP contribution in [0.5, 0.6) is 5.75 Å². The van der Waals surface area contributed by atoms with Gasteiger partial charge in [0.2, 0.25) is 0 Å². The molecule has 0 aliphatic rings. The van der Waals surface area contributed by atoms with E-state index in [1.807, 2.05) is 6.92 Å². The number of esters is 2. The number of nitro groups is 1. The molecule has 3 aromatic carbocycles. The summed E-state index contributed by atoms with van der Waals surface area (Å²) in [7, 11) is -4.24. The third-order valence-electron chi connectivity index (χ3n) is 5.30. The minimum absolute atomic E-state index is 0.00266. The van der Waals surface area contributed by atoms with Crippen molar-refractivity contribution in [3.05, 3.63) is 75.8 Å². The van der Waals surface area contributed by atoms with Crippen molar-refractivity contribution in [1.29, 1.82) is 0 Å². The van der Waals surface area contributed by atoms with Crippen molar-refractivity contribution in [2.24, 2.45) is 0 Å². The number of nitrogens with zero attached hydrogens (tertiary/aromatic N) is 2. The number of aryl methyl sites for hydroxylation is 1. The summed E-state index contributed by atoms with van der Waals surface area (Å²) >= 11 is 0. The van der Waals surface area contributed by atoms with Crippen molar-refractivity contribution in [2.75, 3.05) is 6.61 Å². The van der Waals surface area contributed by atoms with E-state index in [1.54, 1.807) is 19.1 Å². The largest absolute Gasteiger partial charge is 0.462 e. The van der Waals surface area contributed by atoms with Crippen LogP contribution in [0.3, 0.4) is 0 Å². The zero-order valence-electron chi connectivity index (χ0n) is 19.0. The molecular weight excluding hydrogens is 476 g/mol. The van der Waals surface area contributed by atoms with Crippen LogP contribution in [-0.4, -0.2) is 35.9 Å². The minimum Gasteiger partial charge on any atom is -0.462 e. The van der Waals surface area contributed by atoms with Crippen LogP contribution in [0.4, 0.5) is 5.69 Å². The zero-order valence-corrected chi connectivity index (χ0v) is 19.8. The van der Waals surface area contributed by atoms with E-state index in [9.17, 15) is 28.1 Å². The molecule has 35 heavy (non-hydrogen) atoms. The van der Waals surface area contributed by atoms with E-state index in [0.29, 0.717) is 0 Å². The molecule has 4 rings (SSSR count).